The molecule has 10 heteroatoms. The van der Waals surface area contributed by atoms with Crippen molar-refractivity contribution in [3.05, 3.63) is 105 Å². The normalized spacial score (nSPS) is 25.1. The summed E-state index contributed by atoms with van der Waals surface area (Å²) in [5, 5.41) is 16.2. The van der Waals surface area contributed by atoms with Gasteiger partial charge in [-0.15, -0.1) is 0 Å². The van der Waals surface area contributed by atoms with Gasteiger partial charge in [0, 0.05) is 10.4 Å². The molecule has 44 heavy (non-hydrogen) atoms. The fourth-order valence-electron chi connectivity index (χ4n) is 6.58. The molecule has 0 bridgehead atoms. The van der Waals surface area contributed by atoms with E-state index in [2.05, 4.69) is 87.8 Å². The first-order valence-corrected chi connectivity index (χ1v) is 15.6. The number of aryl methyl sites for hydroxylation is 2. The van der Waals surface area contributed by atoms with Crippen LogP contribution in [0.2, 0.25) is 0 Å². The molecule has 7 rings (SSSR count). The maximum absolute atomic E-state index is 14.1. The van der Waals surface area contributed by atoms with Crippen LogP contribution in [0, 0.1) is 19.8 Å². The third-order valence-electron chi connectivity index (χ3n) is 8.83. The van der Waals surface area contributed by atoms with E-state index in [9.17, 15) is 14.4 Å². The van der Waals surface area contributed by atoms with Crippen LogP contribution in [-0.2, 0) is 14.4 Å². The fraction of sp³-hybridized carbons (Fsp3) is 0.294. The molecule has 0 unspecified atom stereocenters. The van der Waals surface area contributed by atoms with Gasteiger partial charge >= 0.3 is 0 Å². The molecular formula is C34H31BrN6O3. The first-order chi connectivity index (χ1) is 21.3. The summed E-state index contributed by atoms with van der Waals surface area (Å²) in [6.45, 7) is 3.89. The Kier molecular flexibility index (Phi) is 7.24. The highest BCUT2D eigenvalue weighted by Crippen LogP contribution is 2.45. The molecule has 1 saturated carbocycles. The number of hydrazone groups is 1. The standard InChI is InChI=1S/C34H31BrN6O3/c1-20-6-10-22(11-7-20)18-24-4-3-5-27-29(24)37-41(31(27)23-12-8-21(2)9-13-23)28(42)19-39-32-30(36-38-39)33(43)40(34(32)44)26-16-14-25(35)15-17-26/h6-18,27,30-32H,3-5,19H2,1-2H3/b24-18-/t27-,30+,31-,32-/m1/s1. The number of rotatable bonds is 5. The second kappa shape index (κ2) is 11.2. The van der Waals surface area contributed by atoms with Crippen LogP contribution in [0.3, 0.4) is 0 Å². The van der Waals surface area contributed by atoms with Crippen molar-refractivity contribution >= 4 is 51.1 Å². The van der Waals surface area contributed by atoms with Crippen LogP contribution < -0.4 is 4.90 Å². The Hall–Kier alpha value is -4.44. The number of carbonyl (C=O) groups is 3. The van der Waals surface area contributed by atoms with Crippen molar-refractivity contribution in [3.8, 4) is 0 Å². The lowest BCUT2D eigenvalue weighted by molar-refractivity contribution is -0.136. The highest BCUT2D eigenvalue weighted by atomic mass is 79.9. The predicted molar refractivity (Wildman–Crippen MR) is 170 cm³/mol. The highest BCUT2D eigenvalue weighted by molar-refractivity contribution is 9.10. The summed E-state index contributed by atoms with van der Waals surface area (Å²) in [6, 6.07) is 21.3. The maximum atomic E-state index is 14.1. The Bertz CT molecular complexity index is 1730. The van der Waals surface area contributed by atoms with E-state index in [1.54, 1.807) is 29.3 Å². The average molecular weight is 652 g/mol. The van der Waals surface area contributed by atoms with Gasteiger partial charge in [0.1, 0.15) is 6.54 Å². The van der Waals surface area contributed by atoms with Crippen molar-refractivity contribution in [2.24, 2.45) is 21.4 Å². The van der Waals surface area contributed by atoms with Gasteiger partial charge in [0.2, 0.25) is 0 Å². The lowest BCUT2D eigenvalue weighted by Crippen LogP contribution is -2.45. The summed E-state index contributed by atoms with van der Waals surface area (Å²) < 4.78 is 0.834. The Morgan fingerprint density at radius 1 is 0.909 bits per heavy atom. The van der Waals surface area contributed by atoms with Crippen LogP contribution in [0.4, 0.5) is 5.69 Å². The van der Waals surface area contributed by atoms with Crippen molar-refractivity contribution in [3.63, 3.8) is 0 Å². The van der Waals surface area contributed by atoms with Crippen molar-refractivity contribution in [1.82, 2.24) is 10.0 Å². The van der Waals surface area contributed by atoms with E-state index in [4.69, 9.17) is 5.10 Å². The average Bonchev–Trinajstić information content (AvgIpc) is 3.69. The van der Waals surface area contributed by atoms with Gasteiger partial charge in [-0.2, -0.15) is 10.2 Å². The number of anilines is 1. The molecule has 3 aromatic rings. The molecule has 0 aromatic heterocycles. The zero-order valence-electron chi connectivity index (χ0n) is 24.4. The SMILES string of the molecule is Cc1ccc(/C=C2/CCC[C@@H]3C2=NN(C(=O)CN2N=N[C@@H]4C(=O)N(c5ccc(Br)cc5)C(=O)[C@@H]42)[C@@H]3c2ccc(C)cc2)cc1. The minimum Gasteiger partial charge on any atom is -0.271 e. The third kappa shape index (κ3) is 4.96. The second-order valence-corrected chi connectivity index (χ2v) is 12.8. The number of carbonyl (C=O) groups excluding carboxylic acids is 3. The van der Waals surface area contributed by atoms with Gasteiger partial charge < -0.3 is 0 Å². The number of benzene rings is 3. The van der Waals surface area contributed by atoms with Crippen molar-refractivity contribution < 1.29 is 14.4 Å². The molecule has 1 saturated heterocycles. The molecule has 3 aliphatic heterocycles. The highest BCUT2D eigenvalue weighted by Gasteiger charge is 2.55. The summed E-state index contributed by atoms with van der Waals surface area (Å²) >= 11 is 3.39. The molecule has 0 N–H and O–H groups in total. The first-order valence-electron chi connectivity index (χ1n) is 14.8. The minimum atomic E-state index is -0.983. The van der Waals surface area contributed by atoms with Crippen molar-refractivity contribution in [2.45, 2.75) is 51.2 Å². The zero-order chi connectivity index (χ0) is 30.5. The van der Waals surface area contributed by atoms with Gasteiger partial charge in [-0.25, -0.2) is 9.91 Å². The number of nitrogens with zero attached hydrogens (tertiary/aromatic N) is 6. The Balaban J connectivity index is 1.18. The van der Waals surface area contributed by atoms with Gasteiger partial charge in [-0.1, -0.05) is 80.8 Å². The summed E-state index contributed by atoms with van der Waals surface area (Å²) in [4.78, 5) is 42.0. The summed E-state index contributed by atoms with van der Waals surface area (Å²) in [7, 11) is 0. The van der Waals surface area contributed by atoms with Gasteiger partial charge in [0.05, 0.1) is 17.4 Å². The predicted octanol–water partition coefficient (Wildman–Crippen LogP) is 6.18. The minimum absolute atomic E-state index is 0.0441. The maximum Gasteiger partial charge on any atom is 0.264 e. The summed E-state index contributed by atoms with van der Waals surface area (Å²) in [6.07, 6.45) is 4.98. The van der Waals surface area contributed by atoms with Gasteiger partial charge in [-0.3, -0.25) is 19.4 Å². The van der Waals surface area contributed by atoms with E-state index in [1.165, 1.54) is 10.6 Å². The number of imide groups is 1. The Morgan fingerprint density at radius 3 is 2.30 bits per heavy atom. The lowest BCUT2D eigenvalue weighted by Gasteiger charge is -2.30. The topological polar surface area (TPSA) is 98.0 Å². The van der Waals surface area contributed by atoms with Crippen molar-refractivity contribution in [1.29, 1.82) is 0 Å². The van der Waals surface area contributed by atoms with Crippen LogP contribution in [0.1, 0.15) is 47.6 Å². The number of fused-ring (bicyclic) bond motifs is 2. The first kappa shape index (κ1) is 28.3. The number of allylic oxidation sites excluding steroid dienone is 1. The van der Waals surface area contributed by atoms with Crippen LogP contribution >= 0.6 is 15.9 Å². The molecule has 3 heterocycles. The molecular weight excluding hydrogens is 620 g/mol. The summed E-state index contributed by atoms with van der Waals surface area (Å²) in [5.74, 6) is -1.14. The largest absolute Gasteiger partial charge is 0.271 e. The van der Waals surface area contributed by atoms with Crippen molar-refractivity contribution in [2.75, 3.05) is 11.4 Å². The fourth-order valence-corrected chi connectivity index (χ4v) is 6.84. The Labute approximate surface area is 264 Å². The third-order valence-corrected chi connectivity index (χ3v) is 9.36. The molecule has 9 nitrogen and oxygen atoms in total. The van der Waals surface area contributed by atoms with Gasteiger partial charge in [0.25, 0.3) is 17.7 Å². The molecule has 0 radical (unpaired) electrons. The lowest BCUT2D eigenvalue weighted by atomic mass is 9.77. The quantitative estimate of drug-likeness (QED) is 0.308. The van der Waals surface area contributed by atoms with E-state index in [1.807, 2.05) is 6.92 Å². The van der Waals surface area contributed by atoms with Gasteiger partial charge in [0.15, 0.2) is 12.1 Å². The number of hydrogen-bond donors (Lipinski definition) is 0. The van der Waals surface area contributed by atoms with Crippen LogP contribution in [0.5, 0.6) is 0 Å². The van der Waals surface area contributed by atoms with E-state index in [0.29, 0.717) is 5.69 Å². The smallest absolute Gasteiger partial charge is 0.264 e. The molecule has 4 aliphatic rings. The van der Waals surface area contributed by atoms with Crippen LogP contribution in [-0.4, -0.2) is 52.1 Å². The van der Waals surface area contributed by atoms with Crippen LogP contribution in [0.15, 0.2) is 98.3 Å². The molecule has 3 aromatic carbocycles. The van der Waals surface area contributed by atoms with E-state index >= 15 is 0 Å². The van der Waals surface area contributed by atoms with Gasteiger partial charge in [-0.05, 0) is 80.2 Å². The van der Waals surface area contributed by atoms with E-state index in [-0.39, 0.29) is 24.4 Å². The molecule has 2 fully saturated rings. The monoisotopic (exact) mass is 650 g/mol. The van der Waals surface area contributed by atoms with Crippen LogP contribution in [0.25, 0.3) is 6.08 Å². The summed E-state index contributed by atoms with van der Waals surface area (Å²) in [5.41, 5.74) is 6.99. The number of amides is 3. The van der Waals surface area contributed by atoms with E-state index < -0.39 is 23.9 Å². The molecule has 3 amide bonds. The zero-order valence-corrected chi connectivity index (χ0v) is 26.0. The second-order valence-electron chi connectivity index (χ2n) is 11.8. The molecule has 4 atom stereocenters. The number of halogens is 1. The van der Waals surface area contributed by atoms with E-state index in [0.717, 1.165) is 56.6 Å². The Morgan fingerprint density at radius 2 is 1.59 bits per heavy atom. The number of hydrogen-bond acceptors (Lipinski definition) is 7. The molecule has 222 valence electrons. The molecule has 1 aliphatic carbocycles. The molecule has 0 spiro atoms.